The maximum absolute atomic E-state index is 12.4. The van der Waals surface area contributed by atoms with E-state index in [0.717, 1.165) is 56.5 Å². The van der Waals surface area contributed by atoms with Crippen molar-refractivity contribution < 1.29 is 9.59 Å². The monoisotopic (exact) mass is 342 g/mol. The van der Waals surface area contributed by atoms with Gasteiger partial charge in [0.2, 0.25) is 5.91 Å². The molecule has 6 heteroatoms. The molecule has 3 rings (SSSR count). The van der Waals surface area contributed by atoms with E-state index in [1.807, 2.05) is 12.1 Å². The molecule has 1 fully saturated rings. The lowest BCUT2D eigenvalue weighted by Crippen LogP contribution is -2.41. The Kier molecular flexibility index (Phi) is 5.68. The average Bonchev–Trinajstić information content (AvgIpc) is 2.92. The summed E-state index contributed by atoms with van der Waals surface area (Å²) in [6, 6.07) is 3.76. The van der Waals surface area contributed by atoms with Crippen LogP contribution in [0.25, 0.3) is 0 Å². The Morgan fingerprint density at radius 3 is 2.84 bits per heavy atom. The van der Waals surface area contributed by atoms with Crippen LogP contribution in [-0.4, -0.2) is 29.9 Å². The normalized spacial score (nSPS) is 21.2. The van der Waals surface area contributed by atoms with Crippen molar-refractivity contribution in [3.63, 3.8) is 0 Å². The summed E-state index contributed by atoms with van der Waals surface area (Å²) < 4.78 is 0. The Morgan fingerprint density at radius 1 is 1.20 bits per heavy atom. The fourth-order valence-electron chi connectivity index (χ4n) is 3.50. The summed E-state index contributed by atoms with van der Waals surface area (Å²) in [6.45, 7) is 1.48. The number of pyridine rings is 1. The third-order valence-corrected chi connectivity index (χ3v) is 4.99. The molecule has 0 unspecified atom stereocenters. The molecule has 1 atom stereocenters. The van der Waals surface area contributed by atoms with E-state index in [1.54, 1.807) is 6.20 Å². The maximum atomic E-state index is 12.4. The van der Waals surface area contributed by atoms with Gasteiger partial charge in [0, 0.05) is 18.7 Å². The molecule has 2 amide bonds. The topological polar surface area (TPSA) is 88.3 Å². The SMILES string of the molecule is NC(=O)[C@@H]1CCCN(c2ccc(NC(=O)C3=CCCCCC3)cn2)C1. The predicted molar refractivity (Wildman–Crippen MR) is 98.2 cm³/mol. The Labute approximate surface area is 148 Å². The van der Waals surface area contributed by atoms with Gasteiger partial charge in [-0.05, 0) is 50.7 Å². The highest BCUT2D eigenvalue weighted by molar-refractivity contribution is 6.03. The van der Waals surface area contributed by atoms with Crippen molar-refractivity contribution in [2.24, 2.45) is 11.7 Å². The van der Waals surface area contributed by atoms with Crippen LogP contribution in [0.3, 0.4) is 0 Å². The van der Waals surface area contributed by atoms with Crippen molar-refractivity contribution in [2.75, 3.05) is 23.3 Å². The van der Waals surface area contributed by atoms with Crippen molar-refractivity contribution in [3.8, 4) is 0 Å². The van der Waals surface area contributed by atoms with E-state index < -0.39 is 0 Å². The van der Waals surface area contributed by atoms with Crippen molar-refractivity contribution in [1.29, 1.82) is 0 Å². The summed E-state index contributed by atoms with van der Waals surface area (Å²) in [5, 5.41) is 2.93. The molecule has 2 aliphatic rings. The summed E-state index contributed by atoms with van der Waals surface area (Å²) in [6.07, 6.45) is 10.8. The van der Waals surface area contributed by atoms with Crippen LogP contribution >= 0.6 is 0 Å². The van der Waals surface area contributed by atoms with Crippen molar-refractivity contribution in [1.82, 2.24) is 4.98 Å². The number of nitrogens with one attached hydrogen (secondary N) is 1. The minimum atomic E-state index is -0.245. The molecule has 1 aliphatic carbocycles. The number of piperidine rings is 1. The molecule has 0 radical (unpaired) electrons. The van der Waals surface area contributed by atoms with E-state index in [2.05, 4.69) is 21.3 Å². The fraction of sp³-hybridized carbons (Fsp3) is 0.526. The number of carbonyl (C=O) groups is 2. The molecule has 1 aromatic rings. The van der Waals surface area contributed by atoms with Crippen LogP contribution in [0.1, 0.15) is 44.9 Å². The molecule has 2 heterocycles. The zero-order chi connectivity index (χ0) is 17.6. The number of aromatic nitrogens is 1. The quantitative estimate of drug-likeness (QED) is 0.880. The first-order valence-electron chi connectivity index (χ1n) is 9.14. The lowest BCUT2D eigenvalue weighted by Gasteiger charge is -2.32. The molecule has 3 N–H and O–H groups in total. The number of anilines is 2. The van der Waals surface area contributed by atoms with Crippen LogP contribution in [0.15, 0.2) is 30.0 Å². The van der Waals surface area contributed by atoms with E-state index in [-0.39, 0.29) is 17.7 Å². The lowest BCUT2D eigenvalue weighted by molar-refractivity contribution is -0.122. The Bertz CT molecular complexity index is 654. The fourth-order valence-corrected chi connectivity index (χ4v) is 3.50. The van der Waals surface area contributed by atoms with Gasteiger partial charge in [-0.1, -0.05) is 12.5 Å². The van der Waals surface area contributed by atoms with Crippen LogP contribution in [0.4, 0.5) is 11.5 Å². The minimum Gasteiger partial charge on any atom is -0.369 e. The molecule has 25 heavy (non-hydrogen) atoms. The molecule has 1 saturated heterocycles. The molecular weight excluding hydrogens is 316 g/mol. The van der Waals surface area contributed by atoms with Crippen LogP contribution in [-0.2, 0) is 9.59 Å². The standard InChI is InChI=1S/C19H26N4O2/c20-18(24)15-8-5-11-23(13-15)17-10-9-16(12-21-17)22-19(25)14-6-3-1-2-4-7-14/h6,9-10,12,15H,1-5,7-8,11,13H2,(H2,20,24)(H,22,25)/t15-/m1/s1. The summed E-state index contributed by atoms with van der Waals surface area (Å²) in [7, 11) is 0. The number of nitrogens with zero attached hydrogens (tertiary/aromatic N) is 2. The summed E-state index contributed by atoms with van der Waals surface area (Å²) >= 11 is 0. The van der Waals surface area contributed by atoms with Gasteiger partial charge in [-0.3, -0.25) is 9.59 Å². The molecule has 0 saturated carbocycles. The number of nitrogens with two attached hydrogens (primary N) is 1. The number of carbonyl (C=O) groups excluding carboxylic acids is 2. The van der Waals surface area contributed by atoms with Crippen molar-refractivity contribution >= 4 is 23.3 Å². The zero-order valence-electron chi connectivity index (χ0n) is 14.5. The first-order valence-corrected chi connectivity index (χ1v) is 9.14. The number of hydrogen-bond donors (Lipinski definition) is 2. The van der Waals surface area contributed by atoms with Crippen molar-refractivity contribution in [3.05, 3.63) is 30.0 Å². The second-order valence-electron chi connectivity index (χ2n) is 6.88. The van der Waals surface area contributed by atoms with Crippen LogP contribution in [0.2, 0.25) is 0 Å². The van der Waals surface area contributed by atoms with E-state index in [9.17, 15) is 9.59 Å². The van der Waals surface area contributed by atoms with E-state index >= 15 is 0 Å². The van der Waals surface area contributed by atoms with Gasteiger partial charge in [0.15, 0.2) is 0 Å². The molecule has 0 aromatic carbocycles. The van der Waals surface area contributed by atoms with Gasteiger partial charge in [-0.25, -0.2) is 4.98 Å². The minimum absolute atomic E-state index is 0.0248. The summed E-state index contributed by atoms with van der Waals surface area (Å²) in [5.74, 6) is 0.434. The van der Waals surface area contributed by atoms with Gasteiger partial charge < -0.3 is 16.0 Å². The molecule has 6 nitrogen and oxygen atoms in total. The molecule has 1 aliphatic heterocycles. The predicted octanol–water partition coefficient (Wildman–Crippen LogP) is 2.61. The van der Waals surface area contributed by atoms with Gasteiger partial charge in [-0.2, -0.15) is 0 Å². The highest BCUT2D eigenvalue weighted by Gasteiger charge is 2.24. The van der Waals surface area contributed by atoms with E-state index in [0.29, 0.717) is 12.2 Å². The zero-order valence-corrected chi connectivity index (χ0v) is 14.5. The van der Waals surface area contributed by atoms with Gasteiger partial charge in [0.25, 0.3) is 5.91 Å². The van der Waals surface area contributed by atoms with Gasteiger partial charge in [0.05, 0.1) is 17.8 Å². The number of amides is 2. The first-order chi connectivity index (χ1) is 12.1. The summed E-state index contributed by atoms with van der Waals surface area (Å²) in [5.41, 5.74) is 7.00. The van der Waals surface area contributed by atoms with Gasteiger partial charge >= 0.3 is 0 Å². The second-order valence-corrected chi connectivity index (χ2v) is 6.88. The maximum Gasteiger partial charge on any atom is 0.251 e. The van der Waals surface area contributed by atoms with E-state index in [1.165, 1.54) is 6.42 Å². The first kappa shape index (κ1) is 17.5. The molecule has 0 spiro atoms. The van der Waals surface area contributed by atoms with Crippen LogP contribution in [0, 0.1) is 5.92 Å². The Balaban J connectivity index is 1.61. The second kappa shape index (κ2) is 8.14. The molecule has 1 aromatic heterocycles. The Morgan fingerprint density at radius 2 is 2.08 bits per heavy atom. The van der Waals surface area contributed by atoms with Crippen LogP contribution in [0.5, 0.6) is 0 Å². The molecular formula is C19H26N4O2. The van der Waals surface area contributed by atoms with Gasteiger partial charge in [0.1, 0.15) is 5.82 Å². The molecule has 0 bridgehead atoms. The van der Waals surface area contributed by atoms with E-state index in [4.69, 9.17) is 5.73 Å². The highest BCUT2D eigenvalue weighted by atomic mass is 16.2. The number of allylic oxidation sites excluding steroid dienone is 1. The van der Waals surface area contributed by atoms with Crippen molar-refractivity contribution in [2.45, 2.75) is 44.9 Å². The number of hydrogen-bond acceptors (Lipinski definition) is 4. The Hall–Kier alpha value is -2.37. The smallest absolute Gasteiger partial charge is 0.251 e. The highest BCUT2D eigenvalue weighted by Crippen LogP contribution is 2.23. The third kappa shape index (κ3) is 4.59. The number of rotatable bonds is 4. The average molecular weight is 342 g/mol. The molecule has 134 valence electrons. The number of primary amides is 1. The largest absolute Gasteiger partial charge is 0.369 e. The third-order valence-electron chi connectivity index (χ3n) is 4.99. The van der Waals surface area contributed by atoms with Crippen LogP contribution < -0.4 is 16.0 Å². The van der Waals surface area contributed by atoms with Gasteiger partial charge in [-0.15, -0.1) is 0 Å². The summed E-state index contributed by atoms with van der Waals surface area (Å²) in [4.78, 5) is 30.3. The lowest BCUT2D eigenvalue weighted by atomic mass is 9.97.